The normalized spacial score (nSPS) is 27.7. The van der Waals surface area contributed by atoms with Gasteiger partial charge in [-0.25, -0.2) is 4.79 Å². The molecule has 0 spiro atoms. The van der Waals surface area contributed by atoms with E-state index in [0.29, 0.717) is 31.0 Å². The molecular weight excluding hydrogens is 346 g/mol. The fourth-order valence-corrected chi connectivity index (χ4v) is 4.38. The Balaban J connectivity index is 1.49. The first-order valence-corrected chi connectivity index (χ1v) is 9.76. The number of carbonyl (C=O) groups excluding carboxylic acids is 2. The van der Waals surface area contributed by atoms with Crippen LogP contribution in [-0.2, 0) is 11.3 Å². The highest BCUT2D eigenvalue weighted by Gasteiger charge is 2.41. The zero-order chi connectivity index (χ0) is 19.0. The van der Waals surface area contributed by atoms with Crippen LogP contribution in [0.5, 0.6) is 5.75 Å². The van der Waals surface area contributed by atoms with E-state index in [2.05, 4.69) is 17.2 Å². The molecule has 3 N–H and O–H groups in total. The largest absolute Gasteiger partial charge is 0.489 e. The fraction of sp³-hybridized carbons (Fsp3) is 0.550. The van der Waals surface area contributed by atoms with Crippen LogP contribution in [0.1, 0.15) is 54.9 Å². The van der Waals surface area contributed by atoms with Crippen molar-refractivity contribution in [2.24, 2.45) is 0 Å². The lowest BCUT2D eigenvalue weighted by Crippen LogP contribution is -2.82. The minimum Gasteiger partial charge on any atom is -0.489 e. The molecule has 27 heavy (non-hydrogen) atoms. The molecule has 0 saturated heterocycles. The molecule has 144 valence electrons. The monoisotopic (exact) mass is 372 g/mol. The summed E-state index contributed by atoms with van der Waals surface area (Å²) in [7, 11) is 0. The van der Waals surface area contributed by atoms with E-state index in [9.17, 15) is 14.7 Å². The van der Waals surface area contributed by atoms with E-state index < -0.39 is 6.04 Å². The van der Waals surface area contributed by atoms with Crippen molar-refractivity contribution < 1.29 is 24.4 Å². The van der Waals surface area contributed by atoms with Crippen molar-refractivity contribution in [2.45, 2.75) is 63.8 Å². The highest BCUT2D eigenvalue weighted by Crippen LogP contribution is 2.31. The Kier molecular flexibility index (Phi) is 4.86. The second-order valence-electron chi connectivity index (χ2n) is 7.49. The number of fused-ring (bicyclic) bond motifs is 1. The van der Waals surface area contributed by atoms with Crippen LogP contribution in [0.15, 0.2) is 18.2 Å². The minimum absolute atomic E-state index is 0.115. The van der Waals surface area contributed by atoms with Crippen LogP contribution >= 0.6 is 0 Å². The average Bonchev–Trinajstić information content (AvgIpc) is 3.20. The van der Waals surface area contributed by atoms with Crippen molar-refractivity contribution in [3.8, 4) is 5.75 Å². The Morgan fingerprint density at radius 2 is 2.15 bits per heavy atom. The van der Waals surface area contributed by atoms with E-state index in [0.717, 1.165) is 37.1 Å². The van der Waals surface area contributed by atoms with E-state index in [1.807, 2.05) is 18.2 Å². The summed E-state index contributed by atoms with van der Waals surface area (Å²) in [5.41, 5.74) is 1.54. The number of hydrogen-bond donors (Lipinski definition) is 3. The van der Waals surface area contributed by atoms with E-state index in [-0.39, 0.29) is 23.8 Å². The summed E-state index contributed by atoms with van der Waals surface area (Å²) in [5, 5.41) is 13.6. The molecule has 7 heteroatoms. The number of likely N-dealkylation sites (N-methyl/N-ethyl adjacent to an activating group) is 1. The molecule has 3 aliphatic rings. The van der Waals surface area contributed by atoms with E-state index >= 15 is 0 Å². The molecule has 1 saturated carbocycles. The molecule has 2 aliphatic heterocycles. The lowest BCUT2D eigenvalue weighted by atomic mass is 10.1. The van der Waals surface area contributed by atoms with E-state index in [4.69, 9.17) is 4.74 Å². The number of ether oxygens (including phenoxy) is 1. The minimum atomic E-state index is -0.472. The van der Waals surface area contributed by atoms with Crippen molar-refractivity contribution >= 4 is 17.7 Å². The van der Waals surface area contributed by atoms with Crippen LogP contribution in [0.25, 0.3) is 0 Å². The molecule has 1 aliphatic carbocycles. The summed E-state index contributed by atoms with van der Waals surface area (Å²) in [5.74, 6) is 0.317. The van der Waals surface area contributed by atoms with Gasteiger partial charge >= 0.3 is 11.8 Å². The van der Waals surface area contributed by atoms with Gasteiger partial charge in [0.15, 0.2) is 6.04 Å². The molecule has 3 atom stereocenters. The zero-order valence-corrected chi connectivity index (χ0v) is 15.5. The summed E-state index contributed by atoms with van der Waals surface area (Å²) in [4.78, 5) is 28.2. The molecular formula is C20H26N3O4+. The number of rotatable bonds is 5. The predicted octanol–water partition coefficient (Wildman–Crippen LogP) is 0.278. The predicted molar refractivity (Wildman–Crippen MR) is 98.7 cm³/mol. The molecule has 2 heterocycles. The molecule has 1 unspecified atom stereocenters. The summed E-state index contributed by atoms with van der Waals surface area (Å²) in [6, 6.07) is 5.50. The van der Waals surface area contributed by atoms with Crippen molar-refractivity contribution in [1.29, 1.82) is 0 Å². The van der Waals surface area contributed by atoms with Crippen molar-refractivity contribution in [1.82, 2.24) is 10.2 Å². The number of carbonyl (C=O) groups is 2. The van der Waals surface area contributed by atoms with Gasteiger partial charge in [0.1, 0.15) is 11.9 Å². The van der Waals surface area contributed by atoms with Gasteiger partial charge in [-0.1, -0.05) is 6.92 Å². The topological polar surface area (TPSA) is 92.8 Å². The Morgan fingerprint density at radius 3 is 2.93 bits per heavy atom. The SMILES string of the molecule is CCN[C@H]1CCC[C@@H]1Oc1ccc2c(c1)CN(C1CCC(=O)[NH+]=C1O)C2=O. The fourth-order valence-electron chi connectivity index (χ4n) is 4.38. The van der Waals surface area contributed by atoms with Crippen LogP contribution in [0.4, 0.5) is 0 Å². The maximum Gasteiger partial charge on any atom is 0.388 e. The second kappa shape index (κ2) is 7.31. The first-order chi connectivity index (χ1) is 13.1. The smallest absolute Gasteiger partial charge is 0.388 e. The van der Waals surface area contributed by atoms with Crippen LogP contribution in [-0.4, -0.2) is 52.5 Å². The lowest BCUT2D eigenvalue weighted by molar-refractivity contribution is -0.394. The zero-order valence-electron chi connectivity index (χ0n) is 15.5. The molecule has 1 aromatic carbocycles. The average molecular weight is 372 g/mol. The van der Waals surface area contributed by atoms with E-state index in [1.54, 1.807) is 4.90 Å². The van der Waals surface area contributed by atoms with Gasteiger partial charge in [-0.2, -0.15) is 0 Å². The van der Waals surface area contributed by atoms with Crippen LogP contribution in [0.3, 0.4) is 0 Å². The maximum atomic E-state index is 12.8. The van der Waals surface area contributed by atoms with Gasteiger partial charge in [-0.15, -0.1) is 4.99 Å². The lowest BCUT2D eigenvalue weighted by Gasteiger charge is -2.24. The molecule has 0 radical (unpaired) electrons. The Hall–Kier alpha value is -2.41. The maximum absolute atomic E-state index is 12.8. The number of aliphatic hydroxyl groups excluding tert-OH is 1. The molecule has 4 rings (SSSR count). The van der Waals surface area contributed by atoms with Gasteiger partial charge in [0.25, 0.3) is 5.91 Å². The highest BCUT2D eigenvalue weighted by atomic mass is 16.5. The molecule has 1 fully saturated rings. The summed E-state index contributed by atoms with van der Waals surface area (Å²) >= 11 is 0. The highest BCUT2D eigenvalue weighted by molar-refractivity contribution is 6.01. The number of nitrogens with zero attached hydrogens (tertiary/aromatic N) is 1. The molecule has 1 aromatic rings. The number of amides is 2. The van der Waals surface area contributed by atoms with E-state index in [1.165, 1.54) is 0 Å². The van der Waals surface area contributed by atoms with Crippen molar-refractivity contribution in [3.05, 3.63) is 29.3 Å². The van der Waals surface area contributed by atoms with Crippen molar-refractivity contribution in [2.75, 3.05) is 6.54 Å². The molecule has 0 aromatic heterocycles. The first kappa shape index (κ1) is 18.0. The van der Waals surface area contributed by atoms with Gasteiger partial charge < -0.3 is 20.1 Å². The second-order valence-corrected chi connectivity index (χ2v) is 7.49. The number of hydrogen-bond acceptors (Lipinski definition) is 4. The van der Waals surface area contributed by atoms with Gasteiger partial charge in [0, 0.05) is 18.2 Å². The standard InChI is InChI=1S/C20H25N3O4/c1-2-21-15-4-3-5-17(15)27-13-6-7-14-12(10-13)11-23(20(14)26)16-8-9-18(24)22-19(16)25/h6-7,10,15-17,21H,2-5,8-9,11H2,1H3,(H,22,24,25)/p+1/t15-,16?,17-/m0/s1. The molecule has 2 amide bonds. The van der Waals surface area contributed by atoms with Gasteiger partial charge in [-0.05, 0) is 56.0 Å². The summed E-state index contributed by atoms with van der Waals surface area (Å²) in [6.07, 6.45) is 4.20. The van der Waals surface area contributed by atoms with Gasteiger partial charge in [-0.3, -0.25) is 4.79 Å². The van der Waals surface area contributed by atoms with Gasteiger partial charge in [0.2, 0.25) is 0 Å². The summed E-state index contributed by atoms with van der Waals surface area (Å²) < 4.78 is 6.21. The third-order valence-electron chi connectivity index (χ3n) is 5.72. The van der Waals surface area contributed by atoms with Crippen LogP contribution < -0.4 is 15.0 Å². The first-order valence-electron chi connectivity index (χ1n) is 9.76. The van der Waals surface area contributed by atoms with Crippen LogP contribution in [0.2, 0.25) is 0 Å². The van der Waals surface area contributed by atoms with Crippen molar-refractivity contribution in [3.63, 3.8) is 0 Å². The Morgan fingerprint density at radius 1 is 1.30 bits per heavy atom. The molecule has 0 bridgehead atoms. The van der Waals surface area contributed by atoms with Gasteiger partial charge in [0.05, 0.1) is 6.42 Å². The summed E-state index contributed by atoms with van der Waals surface area (Å²) in [6.45, 7) is 3.44. The number of benzene rings is 1. The van der Waals surface area contributed by atoms with Crippen LogP contribution in [0, 0.1) is 0 Å². The third kappa shape index (κ3) is 3.43. The number of aliphatic hydroxyl groups is 1. The number of nitrogens with one attached hydrogen (secondary N) is 2. The quantitative estimate of drug-likeness (QED) is 0.690. The Bertz CT molecular complexity index is 791. The Labute approximate surface area is 158 Å². The third-order valence-corrected chi connectivity index (χ3v) is 5.72. The molecule has 7 nitrogen and oxygen atoms in total.